The zero-order chi connectivity index (χ0) is 27.9. The van der Waals surface area contributed by atoms with Crippen molar-refractivity contribution in [1.82, 2.24) is 24.7 Å². The molecule has 0 bridgehead atoms. The van der Waals surface area contributed by atoms with Crippen LogP contribution in [0.2, 0.25) is 0 Å². The van der Waals surface area contributed by atoms with E-state index in [9.17, 15) is 27.9 Å². The van der Waals surface area contributed by atoms with Gasteiger partial charge in [-0.1, -0.05) is 32.6 Å². The molecule has 1 fully saturated rings. The monoisotopic (exact) mass is 567 g/mol. The molecule has 1 aliphatic carbocycles. The van der Waals surface area contributed by atoms with E-state index in [0.29, 0.717) is 28.9 Å². The van der Waals surface area contributed by atoms with Gasteiger partial charge in [0.2, 0.25) is 5.82 Å². The average molecular weight is 568 g/mol. The Balaban J connectivity index is 1.54. The zero-order valence-corrected chi connectivity index (χ0v) is 22.0. The van der Waals surface area contributed by atoms with Crippen LogP contribution in [0.5, 0.6) is 6.01 Å². The first-order valence-electron chi connectivity index (χ1n) is 12.8. The zero-order valence-electron chi connectivity index (χ0n) is 21.2. The van der Waals surface area contributed by atoms with Crippen LogP contribution >= 0.6 is 11.3 Å². The number of thiophene rings is 1. The molecule has 0 radical (unpaired) electrons. The Hall–Kier alpha value is -3.49. The number of nitrogens with two attached hydrogens (primary N) is 1. The molecule has 15 heteroatoms. The fourth-order valence-electron chi connectivity index (χ4n) is 5.47. The van der Waals surface area contributed by atoms with Gasteiger partial charge in [-0.25, -0.2) is 0 Å². The molecule has 5 rings (SSSR count). The van der Waals surface area contributed by atoms with Gasteiger partial charge in [-0.3, -0.25) is 9.59 Å². The van der Waals surface area contributed by atoms with E-state index < -0.39 is 35.4 Å². The number of fused-ring (bicyclic) bond motifs is 2. The smallest absolute Gasteiger partial charge is 0.451 e. The third-order valence-corrected chi connectivity index (χ3v) is 8.45. The Morgan fingerprint density at radius 3 is 2.59 bits per heavy atom. The maximum Gasteiger partial charge on any atom is 0.451 e. The molecule has 210 valence electrons. The Morgan fingerprint density at radius 1 is 1.21 bits per heavy atom. The molecule has 39 heavy (non-hydrogen) atoms. The van der Waals surface area contributed by atoms with E-state index in [1.165, 1.54) is 11.3 Å². The van der Waals surface area contributed by atoms with Crippen molar-refractivity contribution in [2.24, 2.45) is 11.1 Å². The predicted molar refractivity (Wildman–Crippen MR) is 134 cm³/mol. The van der Waals surface area contributed by atoms with E-state index >= 15 is 0 Å². The van der Waals surface area contributed by atoms with E-state index in [0.717, 1.165) is 28.7 Å². The first-order valence-corrected chi connectivity index (χ1v) is 13.6. The fourth-order valence-corrected chi connectivity index (χ4v) is 6.58. The number of rotatable bonds is 8. The number of aryl methyl sites for hydroxylation is 1. The summed E-state index contributed by atoms with van der Waals surface area (Å²) in [7, 11) is 0. The fraction of sp³-hybridized carbons (Fsp3) is 0.583. The molecule has 2 aliphatic rings. The normalized spacial score (nSPS) is 18.1. The van der Waals surface area contributed by atoms with Crippen LogP contribution in [-0.4, -0.2) is 54.4 Å². The molecule has 1 unspecified atom stereocenters. The van der Waals surface area contributed by atoms with Crippen molar-refractivity contribution < 1.29 is 32.6 Å². The lowest BCUT2D eigenvalue weighted by molar-refractivity contribution is -0.163. The highest BCUT2D eigenvalue weighted by molar-refractivity contribution is 7.18. The quantitative estimate of drug-likeness (QED) is 0.417. The molecule has 0 spiro atoms. The van der Waals surface area contributed by atoms with E-state index in [-0.39, 0.29) is 44.3 Å². The van der Waals surface area contributed by atoms with Crippen LogP contribution in [0.1, 0.15) is 62.0 Å². The van der Waals surface area contributed by atoms with Gasteiger partial charge in [0.1, 0.15) is 16.1 Å². The van der Waals surface area contributed by atoms with Crippen molar-refractivity contribution in [3.05, 3.63) is 22.6 Å². The van der Waals surface area contributed by atoms with Gasteiger partial charge >= 0.3 is 18.2 Å². The number of ether oxygens (including phenoxy) is 1. The van der Waals surface area contributed by atoms with Gasteiger partial charge in [0.15, 0.2) is 11.9 Å². The van der Waals surface area contributed by atoms with Crippen molar-refractivity contribution in [1.29, 1.82) is 0 Å². The number of hydrogen-bond donors (Lipinski definition) is 2. The first kappa shape index (κ1) is 27.1. The van der Waals surface area contributed by atoms with Crippen molar-refractivity contribution in [2.75, 3.05) is 11.4 Å². The predicted octanol–water partition coefficient (Wildman–Crippen LogP) is 3.54. The number of alkyl halides is 3. The van der Waals surface area contributed by atoms with Crippen LogP contribution in [0.3, 0.4) is 0 Å². The molecule has 3 N–H and O–H groups in total. The van der Waals surface area contributed by atoms with Gasteiger partial charge < -0.3 is 25.0 Å². The van der Waals surface area contributed by atoms with Crippen molar-refractivity contribution in [2.45, 2.75) is 77.2 Å². The molecule has 4 heterocycles. The van der Waals surface area contributed by atoms with E-state index in [4.69, 9.17) is 10.5 Å². The first-order chi connectivity index (χ1) is 18.5. The third-order valence-electron chi connectivity index (χ3n) is 7.36. The van der Waals surface area contributed by atoms with Crippen molar-refractivity contribution >= 4 is 39.2 Å². The molecule has 11 nitrogen and oxygen atoms in total. The van der Waals surface area contributed by atoms with Crippen LogP contribution in [0.4, 0.5) is 19.0 Å². The van der Waals surface area contributed by atoms with Crippen LogP contribution < -0.4 is 15.4 Å². The van der Waals surface area contributed by atoms with Gasteiger partial charge in [-0.05, 0) is 25.3 Å². The highest BCUT2D eigenvalue weighted by Crippen LogP contribution is 2.42. The largest absolute Gasteiger partial charge is 0.481 e. The minimum absolute atomic E-state index is 0.00586. The molecule has 3 aromatic heterocycles. The number of carbonyl (C=O) groups excluding carboxylic acids is 1. The summed E-state index contributed by atoms with van der Waals surface area (Å²) in [5.41, 5.74) is 4.17. The average Bonchev–Trinajstić information content (AvgIpc) is 3.50. The molecule has 3 aromatic rings. The number of carboxylic acids is 1. The van der Waals surface area contributed by atoms with Crippen molar-refractivity contribution in [3.63, 3.8) is 0 Å². The molecule has 1 amide bonds. The second kappa shape index (κ2) is 10.2. The number of anilines is 1. The lowest BCUT2D eigenvalue weighted by atomic mass is 9.70. The van der Waals surface area contributed by atoms with E-state index in [1.54, 1.807) is 4.90 Å². The second-order valence-corrected chi connectivity index (χ2v) is 11.1. The number of primary amides is 1. The number of amides is 1. The maximum atomic E-state index is 13.3. The molecular weight excluding hydrogens is 539 g/mol. The van der Waals surface area contributed by atoms with Gasteiger partial charge in [0, 0.05) is 18.0 Å². The van der Waals surface area contributed by atoms with E-state index in [2.05, 4.69) is 20.2 Å². The molecule has 0 saturated heterocycles. The summed E-state index contributed by atoms with van der Waals surface area (Å²) in [6.45, 7) is 2.20. The summed E-state index contributed by atoms with van der Waals surface area (Å²) in [5.74, 6) is -2.61. The summed E-state index contributed by atoms with van der Waals surface area (Å²) < 4.78 is 47.0. The Bertz CT molecular complexity index is 1400. The van der Waals surface area contributed by atoms with Gasteiger partial charge in [0.05, 0.1) is 11.9 Å². The molecule has 0 aromatic carbocycles. The number of carbonyl (C=O) groups is 2. The third kappa shape index (κ3) is 4.99. The van der Waals surface area contributed by atoms with Crippen LogP contribution in [-0.2, 0) is 35.3 Å². The lowest BCUT2D eigenvalue weighted by Crippen LogP contribution is -2.53. The molecule has 1 aliphatic heterocycles. The maximum absolute atomic E-state index is 13.3. The molecule has 1 atom stereocenters. The van der Waals surface area contributed by atoms with Crippen LogP contribution in [0.15, 0.2) is 6.07 Å². The van der Waals surface area contributed by atoms with Gasteiger partial charge in [-0.2, -0.15) is 23.1 Å². The number of aromatic nitrogens is 5. The highest BCUT2D eigenvalue weighted by atomic mass is 32.1. The topological polar surface area (TPSA) is 149 Å². The summed E-state index contributed by atoms with van der Waals surface area (Å²) in [6.07, 6.45) is -1.91. The van der Waals surface area contributed by atoms with Crippen LogP contribution in [0, 0.1) is 5.41 Å². The number of carboxylic acid groups (broad SMARTS) is 1. The second-order valence-electron chi connectivity index (χ2n) is 9.94. The SMILES string of the molecule is CCCc1cc2c(N3CCn4c(nnc4C(F)(F)F)C3)nc(OC(C(N)=O)C3(C(=O)O)CCCCC3)nc2s1. The number of hydrogen-bond acceptors (Lipinski definition) is 9. The highest BCUT2D eigenvalue weighted by Gasteiger charge is 2.51. The Kier molecular flexibility index (Phi) is 7.11. The molecule has 1 saturated carbocycles. The number of halogens is 3. The van der Waals surface area contributed by atoms with Crippen LogP contribution in [0.25, 0.3) is 10.2 Å². The summed E-state index contributed by atoms with van der Waals surface area (Å²) >= 11 is 1.41. The van der Waals surface area contributed by atoms with Gasteiger partial charge in [0.25, 0.3) is 5.91 Å². The summed E-state index contributed by atoms with van der Waals surface area (Å²) in [4.78, 5) is 37.3. The minimum Gasteiger partial charge on any atom is -0.481 e. The standard InChI is InChI=1S/C24H28F3N7O4S/c1-2-6-13-11-14-18(33-9-10-34-15(12-33)31-32-20(34)24(25,26)27)29-22(30-19(14)39-13)38-16(17(28)35)23(21(36)37)7-4-3-5-8-23/h11,16H,2-10,12H2,1H3,(H2,28,35)(H,36,37). The van der Waals surface area contributed by atoms with Crippen molar-refractivity contribution in [3.8, 4) is 6.01 Å². The number of nitrogens with zero attached hydrogens (tertiary/aromatic N) is 6. The number of aliphatic carboxylic acids is 1. The Labute approximate surface area is 225 Å². The lowest BCUT2D eigenvalue weighted by Gasteiger charge is -2.37. The summed E-state index contributed by atoms with van der Waals surface area (Å²) in [5, 5.41) is 17.9. The van der Waals surface area contributed by atoms with E-state index in [1.807, 2.05) is 13.0 Å². The Morgan fingerprint density at radius 2 is 1.95 bits per heavy atom. The summed E-state index contributed by atoms with van der Waals surface area (Å²) in [6, 6.07) is 1.73. The van der Waals surface area contributed by atoms with Gasteiger partial charge in [-0.15, -0.1) is 21.5 Å². The molecular formula is C24H28F3N7O4S. The minimum atomic E-state index is -4.62.